The molecule has 52 heavy (non-hydrogen) atoms. The van der Waals surface area contributed by atoms with E-state index in [1.165, 1.54) is 0 Å². The van der Waals surface area contributed by atoms with Crippen molar-refractivity contribution in [1.29, 1.82) is 10.5 Å². The number of rotatable bonds is 3. The Morgan fingerprint density at radius 1 is 0.635 bits per heavy atom. The van der Waals surface area contributed by atoms with Crippen LogP contribution in [0.15, 0.2) is 34.3 Å². The predicted molar refractivity (Wildman–Crippen MR) is 161 cm³/mol. The van der Waals surface area contributed by atoms with Crippen LogP contribution in [0, 0.1) is 22.7 Å². The average Bonchev–Trinajstić information content (AvgIpc) is 3.54. The minimum absolute atomic E-state index is 0.0143. The van der Waals surface area contributed by atoms with Crippen LogP contribution in [0.25, 0.3) is 0 Å². The van der Waals surface area contributed by atoms with Crippen LogP contribution in [0.2, 0.25) is 0 Å². The molecule has 2 aromatic rings. The summed E-state index contributed by atoms with van der Waals surface area (Å²) in [7, 11) is 0. The van der Waals surface area contributed by atoms with E-state index in [4.69, 9.17) is 30.8 Å². The van der Waals surface area contributed by atoms with Gasteiger partial charge in [-0.05, 0) is 65.8 Å². The minimum Gasteiger partial charge on any atom is -0.475 e. The molecule has 0 bridgehead atoms. The molecule has 4 rings (SSSR count). The molecular weight excluding hydrogens is 730 g/mol. The molecule has 0 unspecified atom stereocenters. The quantitative estimate of drug-likeness (QED) is 0.304. The monoisotopic (exact) mass is 761 g/mol. The zero-order valence-electron chi connectivity index (χ0n) is 28.1. The van der Waals surface area contributed by atoms with Gasteiger partial charge in [-0.2, -0.15) is 63.2 Å². The second-order valence-corrected chi connectivity index (χ2v) is 13.3. The van der Waals surface area contributed by atoms with Gasteiger partial charge in [0.25, 0.3) is 0 Å². The number of benzene rings is 2. The highest BCUT2D eigenvalue weighted by Crippen LogP contribution is 2.42. The first-order valence-corrected chi connectivity index (χ1v) is 14.6. The third-order valence-electron chi connectivity index (χ3n) is 6.58. The molecule has 0 aromatic heterocycles. The fraction of sp³-hybridized carbons (Fsp3) is 0.500. The van der Waals surface area contributed by atoms with Crippen molar-refractivity contribution in [3.8, 4) is 12.1 Å². The molecule has 0 radical (unpaired) electrons. The number of halogens is 12. The van der Waals surface area contributed by atoms with E-state index in [1.807, 2.05) is 0 Å². The molecule has 0 saturated heterocycles. The van der Waals surface area contributed by atoms with Crippen molar-refractivity contribution in [2.75, 3.05) is 19.8 Å². The van der Waals surface area contributed by atoms with Crippen molar-refractivity contribution in [2.45, 2.75) is 82.9 Å². The van der Waals surface area contributed by atoms with Crippen molar-refractivity contribution >= 4 is 11.8 Å². The lowest BCUT2D eigenvalue weighted by Crippen LogP contribution is -2.35. The van der Waals surface area contributed by atoms with E-state index in [0.717, 1.165) is 18.2 Å². The summed E-state index contributed by atoms with van der Waals surface area (Å²) in [5.41, 5.74) is -6.25. The van der Waals surface area contributed by atoms with E-state index in [-0.39, 0.29) is 49.8 Å². The summed E-state index contributed by atoms with van der Waals surface area (Å²) in [5, 5.41) is 25.2. The molecule has 0 spiro atoms. The summed E-state index contributed by atoms with van der Waals surface area (Å²) in [5.74, 6) is -0.713. The van der Waals surface area contributed by atoms with Crippen molar-refractivity contribution in [1.82, 2.24) is 0 Å². The molecule has 3 N–H and O–H groups in total. The van der Waals surface area contributed by atoms with Crippen molar-refractivity contribution < 1.29 is 67.3 Å². The van der Waals surface area contributed by atoms with Crippen LogP contribution in [0.3, 0.4) is 0 Å². The highest BCUT2D eigenvalue weighted by Gasteiger charge is 2.45. The van der Waals surface area contributed by atoms with Gasteiger partial charge in [-0.25, -0.2) is 9.98 Å². The Morgan fingerprint density at radius 3 is 1.13 bits per heavy atom. The maximum atomic E-state index is 13.6. The van der Waals surface area contributed by atoms with Crippen LogP contribution in [-0.2, 0) is 34.2 Å². The van der Waals surface area contributed by atoms with Crippen LogP contribution < -0.4 is 5.73 Å². The molecule has 0 amide bonds. The summed E-state index contributed by atoms with van der Waals surface area (Å²) < 4.78 is 166. The first-order valence-electron chi connectivity index (χ1n) is 14.6. The Morgan fingerprint density at radius 2 is 0.923 bits per heavy atom. The summed E-state index contributed by atoms with van der Waals surface area (Å²) in [6.07, 6.45) is -20.3. The summed E-state index contributed by atoms with van der Waals surface area (Å²) >= 11 is 0. The van der Waals surface area contributed by atoms with Crippen LogP contribution in [0.1, 0.15) is 86.1 Å². The third kappa shape index (κ3) is 11.5. The largest absolute Gasteiger partial charge is 0.475 e. The van der Waals surface area contributed by atoms with Crippen LogP contribution in [-0.4, -0.2) is 53.3 Å². The average molecular weight is 762 g/mol. The van der Waals surface area contributed by atoms with Crippen molar-refractivity contribution in [2.24, 2.45) is 15.7 Å². The fourth-order valence-electron chi connectivity index (χ4n) is 4.12. The van der Waals surface area contributed by atoms with Crippen LogP contribution in [0.4, 0.5) is 52.7 Å². The molecule has 286 valence electrons. The third-order valence-corrected chi connectivity index (χ3v) is 6.58. The first-order chi connectivity index (χ1) is 23.3. The van der Waals surface area contributed by atoms with Crippen molar-refractivity contribution in [3.63, 3.8) is 0 Å². The van der Waals surface area contributed by atoms with Gasteiger partial charge in [0, 0.05) is 16.7 Å². The van der Waals surface area contributed by atoms with Gasteiger partial charge in [0.2, 0.25) is 11.8 Å². The second kappa shape index (κ2) is 14.8. The Kier molecular flexibility index (Phi) is 12.4. The number of alkyl halides is 12. The number of nitrogens with zero attached hydrogens (tertiary/aromatic N) is 4. The topological polar surface area (TPSA) is 137 Å². The number of aliphatic imine (C=N–C) groups is 2. The summed E-state index contributed by atoms with van der Waals surface area (Å²) in [6, 6.07) is 3.12. The molecule has 0 saturated carbocycles. The van der Waals surface area contributed by atoms with Gasteiger partial charge in [-0.3, -0.25) is 0 Å². The zero-order chi connectivity index (χ0) is 40.5. The Balaban J connectivity index is 0.000000334. The van der Waals surface area contributed by atoms with E-state index >= 15 is 0 Å². The van der Waals surface area contributed by atoms with E-state index < -0.39 is 85.8 Å². The Bertz CT molecular complexity index is 1670. The molecule has 2 heterocycles. The molecule has 0 fully saturated rings. The Labute approximate surface area is 289 Å². The molecular formula is C32H31F12N5O3. The van der Waals surface area contributed by atoms with E-state index in [0.29, 0.717) is 0 Å². The van der Waals surface area contributed by atoms with Crippen LogP contribution >= 0.6 is 0 Å². The standard InChI is InChI=1S/C18H18F6N2O2.C10H2F6N2.C4H11NO/c1-15(2)7-27-13(25-15)9-5-10(14-26-16(3,4)8-28-14)12(18(22,23)24)6-11(9)17(19,20)21;11-9(12,13)7-2-8(10(14,15)16)6(4-18)1-5(7)3-17;1-4(2,5)3-6/h5-6H,7-8H2,1-4H3;1-2H;6H,3,5H2,1-2H3. The van der Waals surface area contributed by atoms with Crippen molar-refractivity contribution in [3.05, 3.63) is 68.8 Å². The van der Waals surface area contributed by atoms with Gasteiger partial charge >= 0.3 is 24.7 Å². The number of hydrogen-bond acceptors (Lipinski definition) is 8. The van der Waals surface area contributed by atoms with Gasteiger partial charge in [0.05, 0.1) is 63.2 Å². The number of nitriles is 2. The maximum absolute atomic E-state index is 13.6. The molecule has 0 atom stereocenters. The van der Waals surface area contributed by atoms with E-state index in [9.17, 15) is 52.7 Å². The minimum atomic E-state index is -5.10. The summed E-state index contributed by atoms with van der Waals surface area (Å²) in [4.78, 5) is 8.17. The molecule has 20 heteroatoms. The van der Waals surface area contributed by atoms with Gasteiger partial charge in [0.1, 0.15) is 13.2 Å². The zero-order valence-corrected chi connectivity index (χ0v) is 28.1. The van der Waals surface area contributed by atoms with Gasteiger partial charge in [0.15, 0.2) is 0 Å². The molecule has 2 aromatic carbocycles. The SMILES string of the molecule is CC(C)(N)CO.CC1(C)COC(c2cc(C3=NC(C)(C)CO3)c(C(F)(F)F)cc2C(F)(F)F)=N1.N#Cc1cc(C#N)c(C(F)(F)F)cc1C(F)(F)F. The fourth-order valence-corrected chi connectivity index (χ4v) is 4.12. The number of aliphatic hydroxyl groups excluding tert-OH is 1. The Hall–Kier alpha value is -4.56. The maximum Gasteiger partial charge on any atom is 0.417 e. The highest BCUT2D eigenvalue weighted by atomic mass is 19.4. The number of nitrogens with two attached hydrogens (primary N) is 1. The van der Waals surface area contributed by atoms with Crippen LogP contribution in [0.5, 0.6) is 0 Å². The van der Waals surface area contributed by atoms with E-state index in [2.05, 4.69) is 9.98 Å². The molecule has 2 aliphatic heterocycles. The first kappa shape index (κ1) is 43.6. The molecule has 8 nitrogen and oxygen atoms in total. The number of ether oxygens (including phenoxy) is 2. The lowest BCUT2D eigenvalue weighted by atomic mass is 9.96. The second-order valence-electron chi connectivity index (χ2n) is 13.3. The molecule has 0 aliphatic carbocycles. The van der Waals surface area contributed by atoms with E-state index in [1.54, 1.807) is 41.5 Å². The highest BCUT2D eigenvalue weighted by molar-refractivity contribution is 6.03. The molecule has 2 aliphatic rings. The lowest BCUT2D eigenvalue weighted by molar-refractivity contribution is -0.144. The lowest BCUT2D eigenvalue weighted by Gasteiger charge is -2.19. The number of hydrogen-bond donors (Lipinski definition) is 2. The van der Waals surface area contributed by atoms with Gasteiger partial charge in [-0.1, -0.05) is 0 Å². The summed E-state index contributed by atoms with van der Waals surface area (Å²) in [6.45, 7) is 10.2. The van der Waals surface area contributed by atoms with Gasteiger partial charge < -0.3 is 20.3 Å². The van der Waals surface area contributed by atoms with Gasteiger partial charge in [-0.15, -0.1) is 0 Å². The smallest absolute Gasteiger partial charge is 0.417 e. The predicted octanol–water partition coefficient (Wildman–Crippen LogP) is 8.02. The number of aliphatic hydroxyl groups is 1. The normalized spacial score (nSPS) is 16.8.